The Bertz CT molecular complexity index is 323. The lowest BCUT2D eigenvalue weighted by atomic mass is 10.2. The summed E-state index contributed by atoms with van der Waals surface area (Å²) in [5, 5.41) is 3.81. The molecule has 0 aliphatic heterocycles. The fourth-order valence-corrected chi connectivity index (χ4v) is 1.37. The number of halogens is 1. The van der Waals surface area contributed by atoms with E-state index in [1.807, 2.05) is 40.0 Å². The SMILES string of the molecule is CNc1cc(Cl)c(C)cc1OC(C)C. The highest BCUT2D eigenvalue weighted by molar-refractivity contribution is 6.31. The maximum atomic E-state index is 6.01. The Morgan fingerprint density at radius 2 is 2.00 bits per heavy atom. The number of anilines is 1. The summed E-state index contributed by atoms with van der Waals surface area (Å²) in [5.74, 6) is 0.851. The van der Waals surface area contributed by atoms with Gasteiger partial charge in [0.05, 0.1) is 11.8 Å². The van der Waals surface area contributed by atoms with Crippen molar-refractivity contribution in [2.45, 2.75) is 26.9 Å². The highest BCUT2D eigenvalue weighted by Gasteiger charge is 2.07. The molecule has 0 aromatic heterocycles. The Hall–Kier alpha value is -0.890. The van der Waals surface area contributed by atoms with Crippen LogP contribution >= 0.6 is 11.6 Å². The van der Waals surface area contributed by atoms with Crippen LogP contribution in [0.3, 0.4) is 0 Å². The predicted octanol–water partition coefficient (Wildman–Crippen LogP) is 3.48. The summed E-state index contributed by atoms with van der Waals surface area (Å²) in [7, 11) is 1.86. The van der Waals surface area contributed by atoms with Crippen LogP contribution in [0.15, 0.2) is 12.1 Å². The largest absolute Gasteiger partial charge is 0.489 e. The van der Waals surface area contributed by atoms with E-state index >= 15 is 0 Å². The monoisotopic (exact) mass is 213 g/mol. The topological polar surface area (TPSA) is 21.3 Å². The molecule has 0 heterocycles. The van der Waals surface area contributed by atoms with E-state index in [4.69, 9.17) is 16.3 Å². The van der Waals surface area contributed by atoms with Crippen LogP contribution in [0.1, 0.15) is 19.4 Å². The van der Waals surface area contributed by atoms with Crippen LogP contribution in [0.2, 0.25) is 5.02 Å². The van der Waals surface area contributed by atoms with Gasteiger partial charge in [0.1, 0.15) is 5.75 Å². The van der Waals surface area contributed by atoms with Crippen LogP contribution in [0.4, 0.5) is 5.69 Å². The molecule has 0 saturated carbocycles. The van der Waals surface area contributed by atoms with Gasteiger partial charge in [-0.3, -0.25) is 0 Å². The quantitative estimate of drug-likeness (QED) is 0.830. The molecule has 0 radical (unpaired) electrons. The van der Waals surface area contributed by atoms with E-state index in [1.165, 1.54) is 0 Å². The third kappa shape index (κ3) is 2.55. The van der Waals surface area contributed by atoms with Crippen molar-refractivity contribution >= 4 is 17.3 Å². The van der Waals surface area contributed by atoms with Crippen LogP contribution in [-0.2, 0) is 0 Å². The van der Waals surface area contributed by atoms with E-state index in [0.29, 0.717) is 0 Å². The lowest BCUT2D eigenvalue weighted by Gasteiger charge is -2.15. The fraction of sp³-hybridized carbons (Fsp3) is 0.455. The molecule has 1 aromatic carbocycles. The first-order chi connectivity index (χ1) is 6.54. The second kappa shape index (κ2) is 4.56. The highest BCUT2D eigenvalue weighted by Crippen LogP contribution is 2.31. The maximum absolute atomic E-state index is 6.01. The van der Waals surface area contributed by atoms with Crippen molar-refractivity contribution < 1.29 is 4.74 Å². The van der Waals surface area contributed by atoms with Gasteiger partial charge in [-0.15, -0.1) is 0 Å². The molecule has 1 rings (SSSR count). The van der Waals surface area contributed by atoms with Gasteiger partial charge in [0.15, 0.2) is 0 Å². The van der Waals surface area contributed by atoms with E-state index in [1.54, 1.807) is 0 Å². The number of nitrogens with one attached hydrogen (secondary N) is 1. The Labute approximate surface area is 90.2 Å². The van der Waals surface area contributed by atoms with Gasteiger partial charge in [0, 0.05) is 12.1 Å². The maximum Gasteiger partial charge on any atom is 0.143 e. The smallest absolute Gasteiger partial charge is 0.143 e. The van der Waals surface area contributed by atoms with Crippen molar-refractivity contribution in [2.24, 2.45) is 0 Å². The van der Waals surface area contributed by atoms with Crippen molar-refractivity contribution in [3.63, 3.8) is 0 Å². The molecular formula is C11H16ClNO. The Morgan fingerprint density at radius 1 is 1.36 bits per heavy atom. The van der Waals surface area contributed by atoms with Gasteiger partial charge in [-0.25, -0.2) is 0 Å². The summed E-state index contributed by atoms with van der Waals surface area (Å²) in [6.45, 7) is 5.97. The van der Waals surface area contributed by atoms with Gasteiger partial charge in [0.2, 0.25) is 0 Å². The normalized spacial score (nSPS) is 10.4. The standard InChI is InChI=1S/C11H16ClNO/c1-7(2)14-11-5-8(3)9(12)6-10(11)13-4/h5-7,13H,1-4H3. The zero-order valence-corrected chi connectivity index (χ0v) is 9.77. The Morgan fingerprint density at radius 3 is 2.50 bits per heavy atom. The fourth-order valence-electron chi connectivity index (χ4n) is 1.20. The molecule has 0 amide bonds. The van der Waals surface area contributed by atoms with Crippen molar-refractivity contribution in [2.75, 3.05) is 12.4 Å². The molecule has 3 heteroatoms. The molecule has 0 aliphatic rings. The number of hydrogen-bond donors (Lipinski definition) is 1. The molecule has 1 aromatic rings. The first-order valence-corrected chi connectivity index (χ1v) is 5.07. The Balaban J connectivity index is 3.07. The van der Waals surface area contributed by atoms with Crippen LogP contribution in [-0.4, -0.2) is 13.2 Å². The van der Waals surface area contributed by atoms with Crippen LogP contribution < -0.4 is 10.1 Å². The molecule has 2 nitrogen and oxygen atoms in total. The first kappa shape index (κ1) is 11.2. The average Bonchev–Trinajstić information content (AvgIpc) is 2.10. The van der Waals surface area contributed by atoms with Crippen molar-refractivity contribution in [3.05, 3.63) is 22.7 Å². The minimum Gasteiger partial charge on any atom is -0.489 e. The molecule has 0 fully saturated rings. The first-order valence-electron chi connectivity index (χ1n) is 4.69. The summed E-state index contributed by atoms with van der Waals surface area (Å²) >= 11 is 6.01. The molecule has 78 valence electrons. The molecule has 1 N–H and O–H groups in total. The van der Waals surface area contributed by atoms with E-state index in [-0.39, 0.29) is 6.10 Å². The van der Waals surface area contributed by atoms with Crippen molar-refractivity contribution in [1.29, 1.82) is 0 Å². The summed E-state index contributed by atoms with van der Waals surface area (Å²) in [6.07, 6.45) is 0.169. The minimum absolute atomic E-state index is 0.169. The zero-order valence-electron chi connectivity index (χ0n) is 9.02. The van der Waals surface area contributed by atoms with E-state index < -0.39 is 0 Å². The molecule has 0 atom stereocenters. The molecule has 0 aliphatic carbocycles. The molecular weight excluding hydrogens is 198 g/mol. The molecule has 14 heavy (non-hydrogen) atoms. The van der Waals surface area contributed by atoms with Crippen molar-refractivity contribution in [3.8, 4) is 5.75 Å². The lowest BCUT2D eigenvalue weighted by Crippen LogP contribution is -2.07. The number of benzene rings is 1. The number of ether oxygens (including phenoxy) is 1. The average molecular weight is 214 g/mol. The van der Waals surface area contributed by atoms with Gasteiger partial charge in [-0.05, 0) is 38.5 Å². The molecule has 0 unspecified atom stereocenters. The summed E-state index contributed by atoms with van der Waals surface area (Å²) < 4.78 is 5.65. The molecule has 0 spiro atoms. The summed E-state index contributed by atoms with van der Waals surface area (Å²) in [6, 6.07) is 3.84. The van der Waals surface area contributed by atoms with Crippen LogP contribution in [0.25, 0.3) is 0 Å². The number of aryl methyl sites for hydroxylation is 1. The third-order valence-corrected chi connectivity index (χ3v) is 2.30. The van der Waals surface area contributed by atoms with E-state index in [0.717, 1.165) is 22.0 Å². The van der Waals surface area contributed by atoms with Gasteiger partial charge >= 0.3 is 0 Å². The summed E-state index contributed by atoms with van der Waals surface area (Å²) in [5.41, 5.74) is 1.95. The van der Waals surface area contributed by atoms with E-state index in [2.05, 4.69) is 5.32 Å². The van der Waals surface area contributed by atoms with Crippen LogP contribution in [0, 0.1) is 6.92 Å². The summed E-state index contributed by atoms with van der Waals surface area (Å²) in [4.78, 5) is 0. The highest BCUT2D eigenvalue weighted by atomic mass is 35.5. The number of rotatable bonds is 3. The predicted molar refractivity (Wildman–Crippen MR) is 61.5 cm³/mol. The van der Waals surface area contributed by atoms with E-state index in [9.17, 15) is 0 Å². The lowest BCUT2D eigenvalue weighted by molar-refractivity contribution is 0.243. The van der Waals surface area contributed by atoms with Gasteiger partial charge < -0.3 is 10.1 Å². The third-order valence-electron chi connectivity index (χ3n) is 1.89. The molecule has 0 bridgehead atoms. The second-order valence-electron chi connectivity index (χ2n) is 3.51. The zero-order chi connectivity index (χ0) is 10.7. The minimum atomic E-state index is 0.169. The van der Waals surface area contributed by atoms with Gasteiger partial charge in [-0.2, -0.15) is 0 Å². The van der Waals surface area contributed by atoms with Gasteiger partial charge in [0.25, 0.3) is 0 Å². The van der Waals surface area contributed by atoms with Crippen LogP contribution in [0.5, 0.6) is 5.75 Å². The van der Waals surface area contributed by atoms with Crippen molar-refractivity contribution in [1.82, 2.24) is 0 Å². The molecule has 0 saturated heterocycles. The number of hydrogen-bond acceptors (Lipinski definition) is 2. The van der Waals surface area contributed by atoms with Gasteiger partial charge in [-0.1, -0.05) is 11.6 Å². The Kier molecular flexibility index (Phi) is 3.64. The second-order valence-corrected chi connectivity index (χ2v) is 3.92.